The van der Waals surface area contributed by atoms with Gasteiger partial charge in [0.15, 0.2) is 5.65 Å². The predicted molar refractivity (Wildman–Crippen MR) is 109 cm³/mol. The zero-order valence-electron chi connectivity index (χ0n) is 15.5. The highest BCUT2D eigenvalue weighted by atomic mass is 32.1. The Kier molecular flexibility index (Phi) is 4.41. The Bertz CT molecular complexity index is 1080. The van der Waals surface area contributed by atoms with Crippen molar-refractivity contribution in [1.82, 2.24) is 19.6 Å². The molecule has 0 fully saturated rings. The lowest BCUT2D eigenvalue weighted by atomic mass is 10.1. The van der Waals surface area contributed by atoms with Gasteiger partial charge in [0.2, 0.25) is 0 Å². The second kappa shape index (κ2) is 6.75. The third-order valence-electron chi connectivity index (χ3n) is 4.09. The molecule has 4 rings (SSSR count). The number of thiophene rings is 1. The van der Waals surface area contributed by atoms with E-state index in [1.165, 1.54) is 0 Å². The summed E-state index contributed by atoms with van der Waals surface area (Å²) in [6, 6.07) is 10.0. The molecule has 0 radical (unpaired) electrons. The van der Waals surface area contributed by atoms with E-state index in [0.717, 1.165) is 38.9 Å². The molecule has 138 valence electrons. The Balaban J connectivity index is 1.75. The van der Waals surface area contributed by atoms with Crippen molar-refractivity contribution < 1.29 is 5.11 Å². The molecule has 0 aromatic carbocycles. The monoisotopic (exact) mass is 379 g/mol. The lowest BCUT2D eigenvalue weighted by Crippen LogP contribution is -2.29. The Morgan fingerprint density at radius 2 is 2.04 bits per heavy atom. The minimum absolute atomic E-state index is 0.415. The molecular weight excluding hydrogens is 358 g/mol. The quantitative estimate of drug-likeness (QED) is 0.548. The standard InChI is InChI=1S/C20H21N5OS/c1-13-9-16(23-18(10-13)21-12-20(2,3)26)14-11-22-25-7-6-15(24-19(14)25)17-5-4-8-27-17/h4-11,26H,12H2,1-3H3,(H,21,23). The van der Waals surface area contributed by atoms with Crippen molar-refractivity contribution in [3.8, 4) is 21.8 Å². The molecule has 0 unspecified atom stereocenters. The summed E-state index contributed by atoms with van der Waals surface area (Å²) >= 11 is 1.66. The second-order valence-electron chi connectivity index (χ2n) is 7.20. The molecular formula is C20H21N5OS. The molecule has 0 spiro atoms. The fourth-order valence-electron chi connectivity index (χ4n) is 2.81. The van der Waals surface area contributed by atoms with Gasteiger partial charge in [0.25, 0.3) is 0 Å². The summed E-state index contributed by atoms with van der Waals surface area (Å²) in [7, 11) is 0. The molecule has 0 saturated heterocycles. The maximum absolute atomic E-state index is 9.95. The number of aliphatic hydroxyl groups is 1. The minimum atomic E-state index is -0.812. The van der Waals surface area contributed by atoms with E-state index < -0.39 is 5.60 Å². The normalized spacial score (nSPS) is 11.9. The lowest BCUT2D eigenvalue weighted by Gasteiger charge is -2.18. The van der Waals surface area contributed by atoms with Crippen molar-refractivity contribution in [3.05, 3.63) is 53.7 Å². The number of anilines is 1. The van der Waals surface area contributed by atoms with Gasteiger partial charge in [0.05, 0.1) is 33.6 Å². The molecule has 0 atom stereocenters. The van der Waals surface area contributed by atoms with Crippen LogP contribution >= 0.6 is 11.3 Å². The van der Waals surface area contributed by atoms with Gasteiger partial charge in [-0.25, -0.2) is 14.5 Å². The van der Waals surface area contributed by atoms with Crippen LogP contribution in [-0.4, -0.2) is 36.8 Å². The molecule has 0 aliphatic rings. The van der Waals surface area contributed by atoms with Crippen molar-refractivity contribution in [2.45, 2.75) is 26.4 Å². The van der Waals surface area contributed by atoms with Crippen LogP contribution in [0.3, 0.4) is 0 Å². The van der Waals surface area contributed by atoms with Gasteiger partial charge in [-0.1, -0.05) is 6.07 Å². The van der Waals surface area contributed by atoms with Gasteiger partial charge >= 0.3 is 0 Å². The predicted octanol–water partition coefficient (Wildman–Crippen LogP) is 4.01. The van der Waals surface area contributed by atoms with E-state index in [-0.39, 0.29) is 0 Å². The highest BCUT2D eigenvalue weighted by Crippen LogP contribution is 2.28. The summed E-state index contributed by atoms with van der Waals surface area (Å²) in [6.07, 6.45) is 3.71. The molecule has 27 heavy (non-hydrogen) atoms. The first-order valence-electron chi connectivity index (χ1n) is 8.73. The molecule has 0 bridgehead atoms. The number of hydrogen-bond donors (Lipinski definition) is 2. The smallest absolute Gasteiger partial charge is 0.165 e. The van der Waals surface area contributed by atoms with Gasteiger partial charge in [0.1, 0.15) is 5.82 Å². The Hall–Kier alpha value is -2.77. The average molecular weight is 379 g/mol. The van der Waals surface area contributed by atoms with E-state index in [9.17, 15) is 5.11 Å². The van der Waals surface area contributed by atoms with Crippen molar-refractivity contribution >= 4 is 22.8 Å². The molecule has 6 nitrogen and oxygen atoms in total. The summed E-state index contributed by atoms with van der Waals surface area (Å²) in [4.78, 5) is 10.6. The van der Waals surface area contributed by atoms with E-state index in [1.54, 1.807) is 35.9 Å². The van der Waals surface area contributed by atoms with Gasteiger partial charge in [-0.05, 0) is 56.0 Å². The summed E-state index contributed by atoms with van der Waals surface area (Å²) in [5.74, 6) is 0.723. The van der Waals surface area contributed by atoms with Crippen molar-refractivity contribution in [2.75, 3.05) is 11.9 Å². The van der Waals surface area contributed by atoms with Crippen LogP contribution in [0.5, 0.6) is 0 Å². The molecule has 0 saturated carbocycles. The van der Waals surface area contributed by atoms with Crippen LogP contribution in [0, 0.1) is 6.92 Å². The zero-order chi connectivity index (χ0) is 19.0. The van der Waals surface area contributed by atoms with E-state index in [1.807, 2.05) is 42.8 Å². The Morgan fingerprint density at radius 1 is 1.19 bits per heavy atom. The number of fused-ring (bicyclic) bond motifs is 1. The van der Waals surface area contributed by atoms with Gasteiger partial charge in [-0.2, -0.15) is 5.10 Å². The van der Waals surface area contributed by atoms with Crippen molar-refractivity contribution in [3.63, 3.8) is 0 Å². The van der Waals surface area contributed by atoms with Crippen molar-refractivity contribution in [1.29, 1.82) is 0 Å². The van der Waals surface area contributed by atoms with Crippen LogP contribution in [-0.2, 0) is 0 Å². The van der Waals surface area contributed by atoms with E-state index in [2.05, 4.69) is 16.5 Å². The summed E-state index contributed by atoms with van der Waals surface area (Å²) in [5.41, 5.74) is 3.64. The Labute approximate surface area is 161 Å². The Morgan fingerprint density at radius 3 is 2.78 bits per heavy atom. The maximum Gasteiger partial charge on any atom is 0.165 e. The van der Waals surface area contributed by atoms with Gasteiger partial charge in [-0.3, -0.25) is 0 Å². The molecule has 4 aromatic rings. The third-order valence-corrected chi connectivity index (χ3v) is 4.98. The number of pyridine rings is 1. The van der Waals surface area contributed by atoms with Gasteiger partial charge < -0.3 is 10.4 Å². The highest BCUT2D eigenvalue weighted by Gasteiger charge is 2.15. The molecule has 7 heteroatoms. The van der Waals surface area contributed by atoms with Crippen LogP contribution in [0.4, 0.5) is 5.82 Å². The maximum atomic E-state index is 9.95. The molecule has 2 N–H and O–H groups in total. The van der Waals surface area contributed by atoms with Crippen molar-refractivity contribution in [2.24, 2.45) is 0 Å². The van der Waals surface area contributed by atoms with E-state index in [4.69, 9.17) is 9.97 Å². The molecule has 4 aromatic heterocycles. The lowest BCUT2D eigenvalue weighted by molar-refractivity contribution is 0.0944. The van der Waals surface area contributed by atoms with Gasteiger partial charge in [-0.15, -0.1) is 11.3 Å². The second-order valence-corrected chi connectivity index (χ2v) is 8.15. The molecule has 0 amide bonds. The summed E-state index contributed by atoms with van der Waals surface area (Å²) < 4.78 is 1.76. The number of aryl methyl sites for hydroxylation is 1. The minimum Gasteiger partial charge on any atom is -0.389 e. The van der Waals surface area contributed by atoms with E-state index >= 15 is 0 Å². The average Bonchev–Trinajstić information content (AvgIpc) is 3.28. The SMILES string of the molecule is Cc1cc(NCC(C)(C)O)nc(-c2cnn3ccc(-c4cccs4)nc23)c1. The van der Waals surface area contributed by atoms with E-state index in [0.29, 0.717) is 6.54 Å². The number of hydrogen-bond acceptors (Lipinski definition) is 6. The number of nitrogens with one attached hydrogen (secondary N) is 1. The summed E-state index contributed by atoms with van der Waals surface area (Å²) in [6.45, 7) is 5.96. The van der Waals surface area contributed by atoms with Crippen LogP contribution in [0.25, 0.3) is 27.5 Å². The zero-order valence-corrected chi connectivity index (χ0v) is 16.3. The third kappa shape index (κ3) is 3.84. The largest absolute Gasteiger partial charge is 0.389 e. The summed E-state index contributed by atoms with van der Waals surface area (Å²) in [5, 5.41) is 19.6. The van der Waals surface area contributed by atoms with Crippen LogP contribution < -0.4 is 5.32 Å². The number of nitrogens with zero attached hydrogens (tertiary/aromatic N) is 4. The van der Waals surface area contributed by atoms with Gasteiger partial charge in [0, 0.05) is 12.7 Å². The topological polar surface area (TPSA) is 75.3 Å². The van der Waals surface area contributed by atoms with Crippen LogP contribution in [0.15, 0.2) is 48.1 Å². The fraction of sp³-hybridized carbons (Fsp3) is 0.250. The number of aromatic nitrogens is 4. The first kappa shape index (κ1) is 17.6. The highest BCUT2D eigenvalue weighted by molar-refractivity contribution is 7.13. The van der Waals surface area contributed by atoms with Crippen LogP contribution in [0.2, 0.25) is 0 Å². The first-order chi connectivity index (χ1) is 12.9. The molecule has 0 aliphatic carbocycles. The molecule has 0 aliphatic heterocycles. The first-order valence-corrected chi connectivity index (χ1v) is 9.61. The van der Waals surface area contributed by atoms with Crippen LogP contribution in [0.1, 0.15) is 19.4 Å². The molecule has 4 heterocycles. The number of rotatable bonds is 5. The fourth-order valence-corrected chi connectivity index (χ4v) is 3.51.